The Morgan fingerprint density at radius 1 is 0.678 bits per heavy atom. The molecule has 642 valence electrons. The van der Waals surface area contributed by atoms with Gasteiger partial charge in [-0.1, -0.05) is 116 Å². The number of ketones is 2. The van der Waals surface area contributed by atoms with Crippen LogP contribution in [-0.4, -0.2) is 245 Å². The van der Waals surface area contributed by atoms with Gasteiger partial charge in [-0.15, -0.1) is 0 Å². The highest BCUT2D eigenvalue weighted by molar-refractivity contribution is 8.76. The van der Waals surface area contributed by atoms with Crippen LogP contribution in [0.5, 0.6) is 0 Å². The fourth-order valence-corrected chi connectivity index (χ4v) is 18.8. The Balaban J connectivity index is 0.925. The van der Waals surface area contributed by atoms with Crippen molar-refractivity contribution in [3.8, 4) is 0 Å². The zero-order chi connectivity index (χ0) is 85.6. The topological polar surface area (TPSA) is 546 Å². The largest absolute Gasteiger partial charge is 0.481 e. The molecule has 0 aromatic heterocycles. The summed E-state index contributed by atoms with van der Waals surface area (Å²) in [5.74, 6) is -15.2. The number of aliphatic hydroxyl groups is 1. The van der Waals surface area contributed by atoms with Gasteiger partial charge in [0.15, 0.2) is 24.3 Å². The van der Waals surface area contributed by atoms with Gasteiger partial charge < -0.3 is 99.3 Å². The van der Waals surface area contributed by atoms with Crippen LogP contribution in [0.15, 0.2) is 23.8 Å². The van der Waals surface area contributed by atoms with Crippen LogP contribution in [0.1, 0.15) is 173 Å². The van der Waals surface area contributed by atoms with E-state index >= 15 is 0 Å². The molecule has 0 spiro atoms. The Bertz CT molecular complexity index is 3660. The van der Waals surface area contributed by atoms with Gasteiger partial charge in [-0.3, -0.25) is 81.5 Å². The molecule has 0 aromatic rings. The Labute approximate surface area is 678 Å². The predicted octanol–water partition coefficient (Wildman–Crippen LogP) is -0.988. The quantitative estimate of drug-likeness (QED) is 0.0198. The summed E-state index contributed by atoms with van der Waals surface area (Å²) in [5, 5.41) is 49.3. The summed E-state index contributed by atoms with van der Waals surface area (Å²) in [7, 11) is 2.53. The van der Waals surface area contributed by atoms with Crippen molar-refractivity contribution < 1.29 is 106 Å². The number of aliphatic hydroxyl groups excluding tert-OH is 1. The van der Waals surface area contributed by atoms with E-state index < -0.39 is 241 Å². The number of allylic oxidation sites excluding steroid dienone is 4. The van der Waals surface area contributed by atoms with Gasteiger partial charge in [0.1, 0.15) is 48.3 Å². The molecule has 2 aliphatic heterocycles. The molecule has 0 aromatic carbocycles. The van der Waals surface area contributed by atoms with Crippen LogP contribution in [-0.2, 0) is 95.7 Å². The second-order valence-electron chi connectivity index (χ2n) is 32.3. The number of unbranched alkanes of at least 4 members (excludes halogenated alkanes) is 1. The van der Waals surface area contributed by atoms with Gasteiger partial charge >= 0.3 is 11.9 Å². The van der Waals surface area contributed by atoms with Crippen LogP contribution >= 0.6 is 21.6 Å². The van der Waals surface area contributed by atoms with Crippen LogP contribution in [0, 0.1) is 52.3 Å². The predicted molar refractivity (Wildman–Crippen MR) is 421 cm³/mol. The number of esters is 1. The molecule has 2 saturated heterocycles. The first-order chi connectivity index (χ1) is 54.1. The van der Waals surface area contributed by atoms with E-state index in [0.29, 0.717) is 50.8 Å². The zero-order valence-corrected chi connectivity index (χ0v) is 69.5. The number of ether oxygens (including phenoxy) is 3. The molecule has 4 aliphatic carbocycles. The number of carboxylic acid groups (broad SMARTS) is 1. The molecule has 17 atom stereocenters. The number of hydrogen-bond acceptors (Lipinski definition) is 24. The number of nitrogens with zero attached hydrogens (tertiary/aromatic N) is 1. The third-order valence-electron chi connectivity index (χ3n) is 22.4. The third-order valence-corrected chi connectivity index (χ3v) is 24.9. The second kappa shape index (κ2) is 43.6. The summed E-state index contributed by atoms with van der Waals surface area (Å²) in [4.78, 5) is 226. The molecule has 36 nitrogen and oxygen atoms in total. The normalized spacial score (nSPS) is 25.0. The number of carbonyl (C=O) groups excluding carboxylic acids is 16. The number of primary amides is 1. The van der Waals surface area contributed by atoms with E-state index in [4.69, 9.17) is 25.7 Å². The number of aliphatic carboxylic acids is 1. The molecule has 5 fully saturated rings. The van der Waals surface area contributed by atoms with Crippen molar-refractivity contribution in [2.45, 2.75) is 245 Å². The number of Topliss-reactive ketones (excluding diaryl/α,β-unsaturated/α-hetero) is 1. The maximum absolute atomic E-state index is 14.7. The number of likely N-dealkylation sites (tertiary alicyclic amines) is 1. The standard InChI is InChI=1S/C77H120N14O22S2/c1-13-18-61-112-54-30-47-46-23-22-44-29-45(93)24-25-75(44,11)62(46)52(94)32-76(47,12)77(54,113-61)53(95)37-111-60(102)21-17-28-114-115-38-50(84-43(10)92)68(104)82-36-58(99)87-64(40(4)5)72(108)90-66(42(8)9)73(109)89-63(39(2)3)70(106)83-34-56(97)80-35-57(98)85-49(31-59(100)101)74(110)91-27-16-20-51(91)69(105)88-65(41(6)7)71(107)86-48(19-14-15-26-78)67(103)81-33-55(79)96/h24-25,29,39-42,46-52,54,61-66,94H,13-23,26-28,30-38,78H2,1-12H3,(H2,79,96)(H,80,97)(H,81,103)(H,82,104)(H,83,106)(H,84,92)(H,85,98)(H,86,107)(H,87,99)(H,88,105)(H,89,109)(H,90,108)(H,100,101)/t46?,47-,48?,49-,50?,51-,52?,54+,61?,62?,63-,64-,65-,66-,75-,76-,77+/m0/s1. The average molecular weight is 1660 g/mol. The first-order valence-electron chi connectivity index (χ1n) is 39.7. The van der Waals surface area contributed by atoms with Gasteiger partial charge in [0.05, 0.1) is 44.8 Å². The van der Waals surface area contributed by atoms with E-state index in [9.17, 15) is 91.7 Å². The van der Waals surface area contributed by atoms with Gasteiger partial charge in [-0.05, 0) is 125 Å². The number of carbonyl (C=O) groups is 17. The summed E-state index contributed by atoms with van der Waals surface area (Å²) < 4.78 is 18.8. The van der Waals surface area contributed by atoms with Gasteiger partial charge in [0.2, 0.25) is 82.6 Å². The van der Waals surface area contributed by atoms with Gasteiger partial charge in [-0.25, -0.2) is 0 Å². The lowest BCUT2D eigenvalue weighted by molar-refractivity contribution is -0.201. The monoisotopic (exact) mass is 1660 g/mol. The molecule has 6 unspecified atom stereocenters. The van der Waals surface area contributed by atoms with Crippen LogP contribution in [0.4, 0.5) is 0 Å². The lowest BCUT2D eigenvalue weighted by Gasteiger charge is -2.59. The lowest BCUT2D eigenvalue weighted by atomic mass is 9.46. The summed E-state index contributed by atoms with van der Waals surface area (Å²) >= 11 is 0. The van der Waals surface area contributed by atoms with Crippen molar-refractivity contribution in [2.24, 2.45) is 63.7 Å². The van der Waals surface area contributed by atoms with Crippen molar-refractivity contribution in [3.05, 3.63) is 23.8 Å². The first kappa shape index (κ1) is 95.3. The molecular weight excluding hydrogens is 1540 g/mol. The molecule has 0 radical (unpaired) electrons. The number of nitrogens with two attached hydrogens (primary N) is 2. The first-order valence-corrected chi connectivity index (χ1v) is 42.2. The molecule has 6 rings (SSSR count). The van der Waals surface area contributed by atoms with Gasteiger partial charge in [0.25, 0.3) is 0 Å². The molecule has 3 saturated carbocycles. The zero-order valence-electron chi connectivity index (χ0n) is 67.9. The van der Waals surface area contributed by atoms with Crippen LogP contribution < -0.4 is 70.0 Å². The van der Waals surface area contributed by atoms with E-state index in [1.54, 1.807) is 67.5 Å². The van der Waals surface area contributed by atoms with Crippen molar-refractivity contribution in [2.75, 3.05) is 57.4 Å². The van der Waals surface area contributed by atoms with Crippen LogP contribution in [0.3, 0.4) is 0 Å². The minimum atomic E-state index is -1.74. The van der Waals surface area contributed by atoms with E-state index in [0.717, 1.165) is 23.3 Å². The van der Waals surface area contributed by atoms with Crippen molar-refractivity contribution >= 4 is 122 Å². The van der Waals surface area contributed by atoms with E-state index in [-0.39, 0.29) is 67.9 Å². The van der Waals surface area contributed by atoms with Crippen LogP contribution in [0.25, 0.3) is 0 Å². The maximum Gasteiger partial charge on any atom is 0.306 e. The number of rotatable bonds is 45. The fourth-order valence-electron chi connectivity index (χ4n) is 16.6. The minimum Gasteiger partial charge on any atom is -0.481 e. The smallest absolute Gasteiger partial charge is 0.306 e. The molecular formula is C77H120N14O22S2. The number of carboxylic acids is 1. The number of fused-ring (bicyclic) bond motifs is 7. The molecule has 2 heterocycles. The highest BCUT2D eigenvalue weighted by Crippen LogP contribution is 2.70. The van der Waals surface area contributed by atoms with Gasteiger partial charge in [0, 0.05) is 48.1 Å². The minimum absolute atomic E-state index is 0.00774. The SMILES string of the molecule is CCCC1O[C@@H]2C[C@H]3C4CCC5=CC(=O)C=C[C@]5(C)C4C(O)C[C@]3(C)[C@]2(C(=O)COC(=O)CCCSSCC(NC(C)=O)C(=O)NCC(=O)N[C@H](C(=O)N[C@H](C(=O)N[C@H](C(=O)NCC(=O)NCC(=O)N[C@@H](CC(=O)O)C(=O)N2CCC[C@H]2C(=O)N[C@H](C(=O)NC(CCCCN)C(=O)NCC(N)=O)C(C)C)C(C)C)C(C)C)C(C)C)O1. The molecule has 38 heteroatoms. The average Bonchev–Trinajstić information content (AvgIpc) is 1.52. The highest BCUT2D eigenvalue weighted by Gasteiger charge is 2.76. The molecule has 6 aliphatic rings. The Morgan fingerprint density at radius 3 is 1.88 bits per heavy atom. The van der Waals surface area contributed by atoms with Crippen molar-refractivity contribution in [1.82, 2.24) is 63.4 Å². The highest BCUT2D eigenvalue weighted by atomic mass is 33.1. The lowest BCUT2D eigenvalue weighted by Crippen LogP contribution is -2.63. The summed E-state index contributed by atoms with van der Waals surface area (Å²) in [6.07, 6.45) is 7.41. The van der Waals surface area contributed by atoms with Crippen molar-refractivity contribution in [3.63, 3.8) is 0 Å². The maximum atomic E-state index is 14.7. The molecule has 17 N–H and O–H groups in total. The number of amides is 13. The summed E-state index contributed by atoms with van der Waals surface area (Å²) in [6, 6.07) is -10.3. The Kier molecular flexibility index (Phi) is 36.1. The Hall–Kier alpha value is -8.59. The van der Waals surface area contributed by atoms with E-state index in [1.807, 2.05) is 19.9 Å². The third kappa shape index (κ3) is 25.2. The summed E-state index contributed by atoms with van der Waals surface area (Å²) in [6.45, 7) is 17.3. The number of nitrogens with one attached hydrogen (secondary N) is 11. The van der Waals surface area contributed by atoms with Gasteiger partial charge in [-0.2, -0.15) is 0 Å². The molecule has 115 heavy (non-hydrogen) atoms. The summed E-state index contributed by atoms with van der Waals surface area (Å²) in [5.41, 5.74) is 8.96. The van der Waals surface area contributed by atoms with Crippen LogP contribution in [0.2, 0.25) is 0 Å². The molecule has 0 bridgehead atoms. The van der Waals surface area contributed by atoms with Crippen molar-refractivity contribution in [1.29, 1.82) is 0 Å². The van der Waals surface area contributed by atoms with E-state index in [2.05, 4.69) is 65.4 Å². The molecule has 13 amide bonds. The van der Waals surface area contributed by atoms with E-state index in [1.165, 1.54) is 28.5 Å². The Morgan fingerprint density at radius 2 is 1.26 bits per heavy atom. The second-order valence-corrected chi connectivity index (χ2v) is 34.9. The fraction of sp³-hybridized carbons (Fsp3) is 0.727. The number of hydrogen-bond donors (Lipinski definition) is 15.